The van der Waals surface area contributed by atoms with E-state index in [9.17, 15) is 14.7 Å². The Labute approximate surface area is 209 Å². The number of aryl methyl sites for hydroxylation is 2. The Kier molecular flexibility index (Phi) is 9.10. The van der Waals surface area contributed by atoms with E-state index < -0.39 is 17.7 Å². The summed E-state index contributed by atoms with van der Waals surface area (Å²) in [7, 11) is 0. The molecule has 0 saturated carbocycles. The van der Waals surface area contributed by atoms with E-state index in [4.69, 9.17) is 4.74 Å². The second-order valence-corrected chi connectivity index (χ2v) is 9.11. The Hall–Kier alpha value is -3.12. The SMILES string of the molecule is CCCCOc1ccc(/C(O)=C2\C(=O)C(=O)N(CCN(CC)CC)[C@H]2c2ccc(C)cc2)cc1C. The number of aliphatic hydroxyl groups is 1. The molecule has 6 heteroatoms. The number of rotatable bonds is 11. The van der Waals surface area contributed by atoms with Gasteiger partial charge in [0.15, 0.2) is 0 Å². The summed E-state index contributed by atoms with van der Waals surface area (Å²) in [6, 6.07) is 12.5. The van der Waals surface area contributed by atoms with Crippen molar-refractivity contribution in [2.24, 2.45) is 0 Å². The first kappa shape index (κ1) is 26.5. The zero-order valence-electron chi connectivity index (χ0n) is 21.6. The second-order valence-electron chi connectivity index (χ2n) is 9.11. The minimum Gasteiger partial charge on any atom is -0.507 e. The highest BCUT2D eigenvalue weighted by atomic mass is 16.5. The van der Waals surface area contributed by atoms with E-state index in [1.54, 1.807) is 11.0 Å². The summed E-state index contributed by atoms with van der Waals surface area (Å²) >= 11 is 0. The van der Waals surface area contributed by atoms with Crippen molar-refractivity contribution in [3.05, 3.63) is 70.3 Å². The first-order chi connectivity index (χ1) is 16.8. The Morgan fingerprint density at radius 1 is 1.03 bits per heavy atom. The van der Waals surface area contributed by atoms with Crippen LogP contribution in [-0.4, -0.2) is 59.4 Å². The fourth-order valence-corrected chi connectivity index (χ4v) is 4.44. The van der Waals surface area contributed by atoms with Gasteiger partial charge in [-0.15, -0.1) is 0 Å². The molecule has 1 N–H and O–H groups in total. The van der Waals surface area contributed by atoms with Gasteiger partial charge in [-0.25, -0.2) is 0 Å². The number of aliphatic hydroxyl groups excluding tert-OH is 1. The topological polar surface area (TPSA) is 70.1 Å². The lowest BCUT2D eigenvalue weighted by Crippen LogP contribution is -2.38. The van der Waals surface area contributed by atoms with Crippen LogP contribution in [0.25, 0.3) is 5.76 Å². The van der Waals surface area contributed by atoms with Crippen molar-refractivity contribution in [3.8, 4) is 5.75 Å². The lowest BCUT2D eigenvalue weighted by atomic mass is 9.94. The number of ether oxygens (including phenoxy) is 1. The maximum atomic E-state index is 13.2. The smallest absolute Gasteiger partial charge is 0.295 e. The van der Waals surface area contributed by atoms with E-state index in [-0.39, 0.29) is 11.3 Å². The molecule has 2 aromatic rings. The third-order valence-electron chi connectivity index (χ3n) is 6.69. The summed E-state index contributed by atoms with van der Waals surface area (Å²) in [5.41, 5.74) is 3.41. The van der Waals surface area contributed by atoms with E-state index >= 15 is 0 Å². The van der Waals surface area contributed by atoms with E-state index in [0.29, 0.717) is 25.3 Å². The van der Waals surface area contributed by atoms with Gasteiger partial charge in [0.25, 0.3) is 11.7 Å². The monoisotopic (exact) mass is 478 g/mol. The van der Waals surface area contributed by atoms with Crippen LogP contribution in [0, 0.1) is 13.8 Å². The molecule has 0 spiro atoms. The van der Waals surface area contributed by atoms with Crippen molar-refractivity contribution < 1.29 is 19.4 Å². The van der Waals surface area contributed by atoms with Gasteiger partial charge in [-0.1, -0.05) is 57.0 Å². The molecule has 0 unspecified atom stereocenters. The molecular weight excluding hydrogens is 440 g/mol. The molecule has 0 aromatic heterocycles. The van der Waals surface area contributed by atoms with Crippen LogP contribution in [0.1, 0.15) is 61.9 Å². The third kappa shape index (κ3) is 5.93. The first-order valence-corrected chi connectivity index (χ1v) is 12.6. The van der Waals surface area contributed by atoms with Crippen LogP contribution in [0.5, 0.6) is 5.75 Å². The summed E-state index contributed by atoms with van der Waals surface area (Å²) in [5.74, 6) is -0.610. The number of nitrogens with zero attached hydrogens (tertiary/aromatic N) is 2. The number of likely N-dealkylation sites (tertiary alicyclic amines) is 1. The van der Waals surface area contributed by atoms with Crippen molar-refractivity contribution in [3.63, 3.8) is 0 Å². The fraction of sp³-hybridized carbons (Fsp3) is 0.448. The van der Waals surface area contributed by atoms with Gasteiger partial charge in [0.1, 0.15) is 11.5 Å². The van der Waals surface area contributed by atoms with Gasteiger partial charge in [0, 0.05) is 18.7 Å². The number of carbonyl (C=O) groups excluding carboxylic acids is 2. The third-order valence-corrected chi connectivity index (χ3v) is 6.69. The van der Waals surface area contributed by atoms with Crippen molar-refractivity contribution in [2.75, 3.05) is 32.8 Å². The van der Waals surface area contributed by atoms with Gasteiger partial charge < -0.3 is 19.6 Å². The van der Waals surface area contributed by atoms with Crippen LogP contribution in [0.4, 0.5) is 0 Å². The molecular formula is C29H38N2O4. The summed E-state index contributed by atoms with van der Waals surface area (Å²) in [6.07, 6.45) is 2.01. The van der Waals surface area contributed by atoms with Gasteiger partial charge >= 0.3 is 0 Å². The maximum absolute atomic E-state index is 13.2. The van der Waals surface area contributed by atoms with E-state index in [2.05, 4.69) is 25.7 Å². The molecule has 3 rings (SSSR count). The zero-order chi connectivity index (χ0) is 25.5. The van der Waals surface area contributed by atoms with Crippen molar-refractivity contribution in [1.82, 2.24) is 9.80 Å². The Bertz CT molecular complexity index is 1070. The van der Waals surface area contributed by atoms with Crippen molar-refractivity contribution in [1.29, 1.82) is 0 Å². The zero-order valence-corrected chi connectivity index (χ0v) is 21.6. The second kappa shape index (κ2) is 12.0. The first-order valence-electron chi connectivity index (χ1n) is 12.6. The highest BCUT2D eigenvalue weighted by Gasteiger charge is 2.45. The minimum atomic E-state index is -0.645. The molecule has 2 aromatic carbocycles. The molecule has 188 valence electrons. The number of Topliss-reactive ketones (excluding diaryl/α,β-unsaturated/α-hetero) is 1. The number of likely N-dealkylation sites (N-methyl/N-ethyl adjacent to an activating group) is 1. The number of unbranched alkanes of at least 4 members (excludes halogenated alkanes) is 1. The molecule has 1 heterocycles. The molecule has 1 aliphatic heterocycles. The Morgan fingerprint density at radius 3 is 2.31 bits per heavy atom. The Morgan fingerprint density at radius 2 is 1.71 bits per heavy atom. The summed E-state index contributed by atoms with van der Waals surface area (Å²) in [4.78, 5) is 30.2. The van der Waals surface area contributed by atoms with Crippen LogP contribution < -0.4 is 4.74 Å². The van der Waals surface area contributed by atoms with Crippen LogP contribution in [-0.2, 0) is 9.59 Å². The molecule has 1 aliphatic rings. The average Bonchev–Trinajstić information content (AvgIpc) is 3.10. The average molecular weight is 479 g/mol. The van der Waals surface area contributed by atoms with Gasteiger partial charge in [-0.05, 0) is 62.7 Å². The normalized spacial score (nSPS) is 17.4. The lowest BCUT2D eigenvalue weighted by molar-refractivity contribution is -0.140. The molecule has 1 fully saturated rings. The van der Waals surface area contributed by atoms with Crippen LogP contribution in [0.15, 0.2) is 48.0 Å². The van der Waals surface area contributed by atoms with Gasteiger partial charge in [-0.2, -0.15) is 0 Å². The minimum absolute atomic E-state index is 0.137. The predicted octanol–water partition coefficient (Wildman–Crippen LogP) is 5.25. The van der Waals surface area contributed by atoms with Crippen LogP contribution >= 0.6 is 0 Å². The maximum Gasteiger partial charge on any atom is 0.295 e. The molecule has 1 amide bonds. The number of benzene rings is 2. The van der Waals surface area contributed by atoms with Crippen molar-refractivity contribution in [2.45, 2.75) is 53.5 Å². The number of carbonyl (C=O) groups is 2. The van der Waals surface area contributed by atoms with Gasteiger partial charge in [0.05, 0.1) is 18.2 Å². The van der Waals surface area contributed by atoms with Crippen molar-refractivity contribution >= 4 is 17.4 Å². The predicted molar refractivity (Wildman–Crippen MR) is 140 cm³/mol. The standard InChI is InChI=1S/C29H38N2O4/c1-6-9-18-35-24-15-14-23(19-21(24)5)27(32)25-26(22-12-10-20(4)11-13-22)31(29(34)28(25)33)17-16-30(7-2)8-3/h10-15,19,26,32H,6-9,16-18H2,1-5H3/b27-25+/t26-/m0/s1. The number of hydrogen-bond acceptors (Lipinski definition) is 5. The Balaban J connectivity index is 2.03. The largest absolute Gasteiger partial charge is 0.507 e. The molecule has 0 aliphatic carbocycles. The highest BCUT2D eigenvalue weighted by Crippen LogP contribution is 2.39. The number of amides is 1. The lowest BCUT2D eigenvalue weighted by Gasteiger charge is -2.28. The number of ketones is 1. The fourth-order valence-electron chi connectivity index (χ4n) is 4.44. The van der Waals surface area contributed by atoms with E-state index in [0.717, 1.165) is 48.4 Å². The molecule has 1 atom stereocenters. The summed E-state index contributed by atoms with van der Waals surface area (Å²) in [5, 5.41) is 11.3. The van der Waals surface area contributed by atoms with Crippen LogP contribution in [0.2, 0.25) is 0 Å². The number of hydrogen-bond donors (Lipinski definition) is 1. The van der Waals surface area contributed by atoms with Gasteiger partial charge in [-0.3, -0.25) is 9.59 Å². The summed E-state index contributed by atoms with van der Waals surface area (Å²) in [6.45, 7) is 13.6. The molecule has 6 nitrogen and oxygen atoms in total. The molecule has 35 heavy (non-hydrogen) atoms. The molecule has 0 radical (unpaired) electrons. The summed E-state index contributed by atoms with van der Waals surface area (Å²) < 4.78 is 5.84. The van der Waals surface area contributed by atoms with E-state index in [1.807, 2.05) is 50.2 Å². The highest BCUT2D eigenvalue weighted by molar-refractivity contribution is 6.46. The van der Waals surface area contributed by atoms with Crippen LogP contribution in [0.3, 0.4) is 0 Å². The van der Waals surface area contributed by atoms with E-state index in [1.165, 1.54) is 0 Å². The van der Waals surface area contributed by atoms with Gasteiger partial charge in [0.2, 0.25) is 0 Å². The molecule has 0 bridgehead atoms. The quantitative estimate of drug-likeness (QED) is 0.207. The molecule has 1 saturated heterocycles.